The van der Waals surface area contributed by atoms with Crippen molar-refractivity contribution in [2.24, 2.45) is 0 Å². The van der Waals surface area contributed by atoms with Crippen LogP contribution in [0, 0.1) is 0 Å². The summed E-state index contributed by atoms with van der Waals surface area (Å²) < 4.78 is 5.83. The summed E-state index contributed by atoms with van der Waals surface area (Å²) in [6, 6.07) is 9.49. The van der Waals surface area contributed by atoms with Crippen molar-refractivity contribution in [1.82, 2.24) is 9.80 Å². The molecule has 0 amide bonds. The molecular weight excluding hydrogens is 436 g/mol. The summed E-state index contributed by atoms with van der Waals surface area (Å²) in [5.74, 6) is 0.944. The van der Waals surface area contributed by atoms with Gasteiger partial charge in [0.25, 0.3) is 0 Å². The van der Waals surface area contributed by atoms with E-state index in [9.17, 15) is 9.90 Å². The Hall–Kier alpha value is -2.63. The van der Waals surface area contributed by atoms with Crippen molar-refractivity contribution in [3.05, 3.63) is 64.2 Å². The summed E-state index contributed by atoms with van der Waals surface area (Å²) in [5, 5.41) is 10.4. The summed E-state index contributed by atoms with van der Waals surface area (Å²) in [7, 11) is 3.81. The van der Waals surface area contributed by atoms with Crippen LogP contribution in [0.4, 0.5) is 0 Å². The van der Waals surface area contributed by atoms with Gasteiger partial charge < -0.3 is 14.7 Å². The fourth-order valence-electron chi connectivity index (χ4n) is 4.37. The maximum Gasteiger partial charge on any atom is 0.185 e. The predicted molar refractivity (Wildman–Crippen MR) is 145 cm³/mol. The van der Waals surface area contributed by atoms with Crippen LogP contribution in [0.3, 0.4) is 0 Å². The van der Waals surface area contributed by atoms with Gasteiger partial charge in [0.1, 0.15) is 11.5 Å². The number of nitrogens with zero attached hydrogens (tertiary/aromatic N) is 2. The minimum atomic E-state index is -0.103. The Morgan fingerprint density at radius 2 is 1.66 bits per heavy atom. The molecule has 0 radical (unpaired) electrons. The lowest BCUT2D eigenvalue weighted by Crippen LogP contribution is -2.43. The van der Waals surface area contributed by atoms with E-state index in [4.69, 9.17) is 4.74 Å². The first kappa shape index (κ1) is 27.0. The SMILES string of the molecule is COc1c(C=CC(=O)c2ccc(O)c(CN3CCN(C)CC3)c2)cc(C(C)(C)C)cc1C(C)(C)C. The molecule has 35 heavy (non-hydrogen) atoms. The Kier molecular flexibility index (Phi) is 8.13. The number of allylic oxidation sites excluding steroid dienone is 1. The van der Waals surface area contributed by atoms with E-state index in [1.807, 2.05) is 12.1 Å². The number of rotatable bonds is 6. The highest BCUT2D eigenvalue weighted by Gasteiger charge is 2.25. The first-order chi connectivity index (χ1) is 16.3. The van der Waals surface area contributed by atoms with E-state index in [0.29, 0.717) is 12.1 Å². The highest BCUT2D eigenvalue weighted by molar-refractivity contribution is 6.07. The minimum absolute atomic E-state index is 0.0337. The van der Waals surface area contributed by atoms with Crippen LogP contribution in [0.5, 0.6) is 11.5 Å². The smallest absolute Gasteiger partial charge is 0.185 e. The van der Waals surface area contributed by atoms with E-state index < -0.39 is 0 Å². The van der Waals surface area contributed by atoms with Crippen LogP contribution >= 0.6 is 0 Å². The maximum atomic E-state index is 13.2. The number of ketones is 1. The predicted octanol–water partition coefficient (Wildman–Crippen LogP) is 5.64. The standard InChI is InChI=1S/C30H42N2O3/c1-29(2,3)24-18-22(28(35-8)25(19-24)30(4,5)6)10-12-26(33)21-9-11-27(34)23(17-21)20-32-15-13-31(7)14-16-32/h9-12,17-19,34H,13-16,20H2,1-8H3. The Balaban J connectivity index is 1.90. The molecular formula is C30H42N2O3. The molecule has 1 aliphatic rings. The van der Waals surface area contributed by atoms with Crippen LogP contribution in [0.15, 0.2) is 36.4 Å². The third kappa shape index (κ3) is 6.74. The maximum absolute atomic E-state index is 13.2. The van der Waals surface area contributed by atoms with Crippen molar-refractivity contribution in [3.63, 3.8) is 0 Å². The topological polar surface area (TPSA) is 53.0 Å². The molecule has 3 rings (SSSR count). The molecule has 1 N–H and O–H groups in total. The van der Waals surface area contributed by atoms with Crippen LogP contribution in [0.2, 0.25) is 0 Å². The zero-order valence-electron chi connectivity index (χ0n) is 22.7. The van der Waals surface area contributed by atoms with Crippen molar-refractivity contribution >= 4 is 11.9 Å². The molecule has 0 aromatic heterocycles. The molecule has 0 saturated carbocycles. The zero-order chi connectivity index (χ0) is 26.0. The molecule has 1 saturated heterocycles. The Labute approximate surface area is 211 Å². The Bertz CT molecular complexity index is 1080. The van der Waals surface area contributed by atoms with E-state index in [0.717, 1.165) is 48.6 Å². The molecule has 1 aliphatic heterocycles. The average molecular weight is 479 g/mol. The second-order valence-electron chi connectivity index (χ2n) is 11.8. The van der Waals surface area contributed by atoms with Gasteiger partial charge in [-0.2, -0.15) is 0 Å². The fourth-order valence-corrected chi connectivity index (χ4v) is 4.37. The Morgan fingerprint density at radius 3 is 2.23 bits per heavy atom. The molecule has 0 atom stereocenters. The van der Waals surface area contributed by atoms with Crippen molar-refractivity contribution in [3.8, 4) is 11.5 Å². The van der Waals surface area contributed by atoms with E-state index >= 15 is 0 Å². The van der Waals surface area contributed by atoms with Crippen LogP contribution in [0.25, 0.3) is 6.08 Å². The molecule has 0 aliphatic carbocycles. The van der Waals surface area contributed by atoms with Crippen LogP contribution in [-0.4, -0.2) is 61.0 Å². The first-order valence-electron chi connectivity index (χ1n) is 12.5. The van der Waals surface area contributed by atoms with Gasteiger partial charge in [-0.1, -0.05) is 47.6 Å². The molecule has 190 valence electrons. The van der Waals surface area contributed by atoms with Gasteiger partial charge in [0.05, 0.1) is 7.11 Å². The second-order valence-corrected chi connectivity index (χ2v) is 11.8. The molecule has 5 heteroatoms. The highest BCUT2D eigenvalue weighted by Crippen LogP contribution is 2.39. The second kappa shape index (κ2) is 10.5. The van der Waals surface area contributed by atoms with E-state index in [1.54, 1.807) is 25.3 Å². The molecule has 0 bridgehead atoms. The zero-order valence-corrected chi connectivity index (χ0v) is 22.7. The highest BCUT2D eigenvalue weighted by atomic mass is 16.5. The van der Waals surface area contributed by atoms with Crippen LogP contribution in [0.1, 0.15) is 74.2 Å². The number of carbonyl (C=O) groups is 1. The van der Waals surface area contributed by atoms with E-state index in [1.165, 1.54) is 5.56 Å². The number of hydrogen-bond acceptors (Lipinski definition) is 5. The number of benzene rings is 2. The van der Waals surface area contributed by atoms with Gasteiger partial charge in [-0.25, -0.2) is 0 Å². The number of carbonyl (C=O) groups excluding carboxylic acids is 1. The van der Waals surface area contributed by atoms with Gasteiger partial charge in [-0.3, -0.25) is 9.69 Å². The van der Waals surface area contributed by atoms with Crippen molar-refractivity contribution < 1.29 is 14.6 Å². The molecule has 0 unspecified atom stereocenters. The largest absolute Gasteiger partial charge is 0.508 e. The summed E-state index contributed by atoms with van der Waals surface area (Å²) >= 11 is 0. The lowest BCUT2D eigenvalue weighted by atomic mass is 9.79. The van der Waals surface area contributed by atoms with Crippen molar-refractivity contribution in [2.45, 2.75) is 58.9 Å². The molecule has 2 aromatic rings. The Morgan fingerprint density at radius 1 is 1.00 bits per heavy atom. The third-order valence-electron chi connectivity index (χ3n) is 6.76. The molecule has 1 heterocycles. The quantitative estimate of drug-likeness (QED) is 0.430. The number of hydrogen-bond donors (Lipinski definition) is 1. The number of piperazine rings is 1. The lowest BCUT2D eigenvalue weighted by molar-refractivity contribution is 0.104. The van der Waals surface area contributed by atoms with E-state index in [2.05, 4.69) is 70.5 Å². The normalized spacial score (nSPS) is 16.1. The van der Waals surface area contributed by atoms with Gasteiger partial charge in [0, 0.05) is 55.0 Å². The van der Waals surface area contributed by atoms with Gasteiger partial charge in [-0.15, -0.1) is 0 Å². The number of phenolic OH excluding ortho intramolecular Hbond substituents is 1. The van der Waals surface area contributed by atoms with Crippen molar-refractivity contribution in [1.29, 1.82) is 0 Å². The molecule has 1 fully saturated rings. The first-order valence-corrected chi connectivity index (χ1v) is 12.5. The summed E-state index contributed by atoms with van der Waals surface area (Å²) in [6.45, 7) is 17.7. The summed E-state index contributed by atoms with van der Waals surface area (Å²) in [4.78, 5) is 17.8. The lowest BCUT2D eigenvalue weighted by Gasteiger charge is -2.32. The number of phenols is 1. The van der Waals surface area contributed by atoms with Gasteiger partial charge in [-0.05, 0) is 59.9 Å². The van der Waals surface area contributed by atoms with Crippen molar-refractivity contribution in [2.75, 3.05) is 40.3 Å². The third-order valence-corrected chi connectivity index (χ3v) is 6.76. The number of likely N-dealkylation sites (N-methyl/N-ethyl adjacent to an activating group) is 1. The van der Waals surface area contributed by atoms with Gasteiger partial charge >= 0.3 is 0 Å². The average Bonchev–Trinajstić information content (AvgIpc) is 2.78. The van der Waals surface area contributed by atoms with Crippen LogP contribution in [-0.2, 0) is 17.4 Å². The number of ether oxygens (including phenoxy) is 1. The number of aromatic hydroxyl groups is 1. The summed E-state index contributed by atoms with van der Waals surface area (Å²) in [5.41, 5.74) is 4.45. The monoisotopic (exact) mass is 478 g/mol. The van der Waals surface area contributed by atoms with Crippen LogP contribution < -0.4 is 4.74 Å². The molecule has 0 spiro atoms. The molecule has 2 aromatic carbocycles. The van der Waals surface area contributed by atoms with Gasteiger partial charge in [0.2, 0.25) is 0 Å². The molecule has 5 nitrogen and oxygen atoms in total. The number of methoxy groups -OCH3 is 1. The van der Waals surface area contributed by atoms with E-state index in [-0.39, 0.29) is 22.4 Å². The minimum Gasteiger partial charge on any atom is -0.508 e. The van der Waals surface area contributed by atoms with Gasteiger partial charge in [0.15, 0.2) is 5.78 Å². The summed E-state index contributed by atoms with van der Waals surface area (Å²) in [6.07, 6.45) is 3.47. The fraction of sp³-hybridized carbons (Fsp3) is 0.500.